The molecule has 1 aliphatic carbocycles. The van der Waals surface area contributed by atoms with Gasteiger partial charge in [-0.25, -0.2) is 0 Å². The van der Waals surface area contributed by atoms with Crippen molar-refractivity contribution in [3.63, 3.8) is 0 Å². The molecule has 0 spiro atoms. The van der Waals surface area contributed by atoms with Crippen molar-refractivity contribution in [1.29, 1.82) is 0 Å². The highest BCUT2D eigenvalue weighted by molar-refractivity contribution is 7.10. The molecule has 0 amide bonds. The third-order valence-corrected chi connectivity index (χ3v) is 4.71. The Morgan fingerprint density at radius 1 is 1.28 bits per heavy atom. The standard InChI is InChI=1S/C15H17NOS/c1-17-13-7-8-18-15(13)14(16)12-9-11(12)10-5-3-2-4-6-10/h2-8,11-12,14H,9,16H2,1H3. The Labute approximate surface area is 111 Å². The number of rotatable bonds is 4. The first kappa shape index (κ1) is 11.8. The minimum absolute atomic E-state index is 0.102. The predicted molar refractivity (Wildman–Crippen MR) is 75.1 cm³/mol. The first-order valence-corrected chi connectivity index (χ1v) is 7.11. The van der Waals surface area contributed by atoms with Crippen molar-refractivity contribution in [2.45, 2.75) is 18.4 Å². The minimum atomic E-state index is 0.102. The molecule has 1 aromatic carbocycles. The highest BCUT2D eigenvalue weighted by atomic mass is 32.1. The van der Waals surface area contributed by atoms with E-state index < -0.39 is 0 Å². The average molecular weight is 259 g/mol. The Morgan fingerprint density at radius 3 is 2.78 bits per heavy atom. The molecule has 94 valence electrons. The molecule has 18 heavy (non-hydrogen) atoms. The van der Waals surface area contributed by atoms with Crippen LogP contribution in [0.4, 0.5) is 0 Å². The Bertz CT molecular complexity index is 522. The molecule has 2 N–H and O–H groups in total. The van der Waals surface area contributed by atoms with E-state index in [-0.39, 0.29) is 6.04 Å². The summed E-state index contributed by atoms with van der Waals surface area (Å²) in [6, 6.07) is 12.8. The Kier molecular flexibility index (Phi) is 3.10. The van der Waals surface area contributed by atoms with E-state index in [1.165, 1.54) is 16.9 Å². The van der Waals surface area contributed by atoms with E-state index in [0.29, 0.717) is 11.8 Å². The SMILES string of the molecule is COc1ccsc1C(N)C1CC1c1ccccc1. The maximum absolute atomic E-state index is 6.38. The molecular weight excluding hydrogens is 242 g/mol. The summed E-state index contributed by atoms with van der Waals surface area (Å²) in [6.45, 7) is 0. The number of benzene rings is 1. The number of methoxy groups -OCH3 is 1. The van der Waals surface area contributed by atoms with Crippen LogP contribution in [0.25, 0.3) is 0 Å². The predicted octanol–water partition coefficient (Wildman–Crippen LogP) is 3.56. The van der Waals surface area contributed by atoms with Crippen LogP contribution < -0.4 is 10.5 Å². The molecule has 1 heterocycles. The van der Waals surface area contributed by atoms with Crippen LogP contribution in [0, 0.1) is 5.92 Å². The number of hydrogen-bond donors (Lipinski definition) is 1. The smallest absolute Gasteiger partial charge is 0.134 e. The molecule has 0 radical (unpaired) electrons. The summed E-state index contributed by atoms with van der Waals surface area (Å²) in [4.78, 5) is 1.18. The quantitative estimate of drug-likeness (QED) is 0.911. The van der Waals surface area contributed by atoms with Crippen LogP contribution in [0.3, 0.4) is 0 Å². The van der Waals surface area contributed by atoms with E-state index in [2.05, 4.69) is 30.3 Å². The number of nitrogens with two attached hydrogens (primary N) is 1. The molecule has 1 aliphatic rings. The number of thiophene rings is 1. The maximum Gasteiger partial charge on any atom is 0.134 e. The third kappa shape index (κ3) is 2.04. The van der Waals surface area contributed by atoms with Gasteiger partial charge in [0, 0.05) is 6.04 Å². The molecule has 3 unspecified atom stereocenters. The molecule has 0 saturated heterocycles. The van der Waals surface area contributed by atoms with Gasteiger partial charge in [0.25, 0.3) is 0 Å². The second-order valence-electron chi connectivity index (χ2n) is 4.80. The lowest BCUT2D eigenvalue weighted by Gasteiger charge is -2.11. The van der Waals surface area contributed by atoms with Gasteiger partial charge in [-0.3, -0.25) is 0 Å². The van der Waals surface area contributed by atoms with Gasteiger partial charge in [0.15, 0.2) is 0 Å². The normalized spacial score (nSPS) is 23.7. The van der Waals surface area contributed by atoms with Crippen molar-refractivity contribution >= 4 is 11.3 Å². The largest absolute Gasteiger partial charge is 0.496 e. The molecular formula is C15H17NOS. The summed E-state index contributed by atoms with van der Waals surface area (Å²) in [5.41, 5.74) is 7.79. The van der Waals surface area contributed by atoms with Crippen LogP contribution in [0.15, 0.2) is 41.8 Å². The van der Waals surface area contributed by atoms with Gasteiger partial charge in [0.1, 0.15) is 5.75 Å². The highest BCUT2D eigenvalue weighted by Crippen LogP contribution is 2.54. The molecule has 0 aliphatic heterocycles. The van der Waals surface area contributed by atoms with Crippen molar-refractivity contribution in [2.75, 3.05) is 7.11 Å². The fraction of sp³-hybridized carbons (Fsp3) is 0.333. The Balaban J connectivity index is 1.75. The lowest BCUT2D eigenvalue weighted by atomic mass is 10.0. The van der Waals surface area contributed by atoms with Gasteiger partial charge in [0.05, 0.1) is 12.0 Å². The summed E-state index contributed by atoms with van der Waals surface area (Å²) in [6.07, 6.45) is 1.19. The molecule has 0 bridgehead atoms. The first-order valence-electron chi connectivity index (χ1n) is 6.23. The summed E-state index contributed by atoms with van der Waals surface area (Å²) in [7, 11) is 1.71. The van der Waals surface area contributed by atoms with Gasteiger partial charge in [-0.1, -0.05) is 30.3 Å². The third-order valence-electron chi connectivity index (χ3n) is 3.71. The minimum Gasteiger partial charge on any atom is -0.496 e. The lowest BCUT2D eigenvalue weighted by molar-refractivity contribution is 0.406. The fourth-order valence-corrected chi connectivity index (χ4v) is 3.55. The van der Waals surface area contributed by atoms with Crippen molar-refractivity contribution < 1.29 is 4.74 Å². The zero-order chi connectivity index (χ0) is 12.5. The molecule has 1 saturated carbocycles. The van der Waals surface area contributed by atoms with Gasteiger partial charge < -0.3 is 10.5 Å². The van der Waals surface area contributed by atoms with Crippen LogP contribution in [-0.2, 0) is 0 Å². The topological polar surface area (TPSA) is 35.2 Å². The Hall–Kier alpha value is -1.32. The highest BCUT2D eigenvalue weighted by Gasteiger charge is 2.43. The van der Waals surface area contributed by atoms with Crippen LogP contribution >= 0.6 is 11.3 Å². The zero-order valence-electron chi connectivity index (χ0n) is 10.4. The van der Waals surface area contributed by atoms with Gasteiger partial charge in [-0.15, -0.1) is 11.3 Å². The van der Waals surface area contributed by atoms with E-state index in [0.717, 1.165) is 5.75 Å². The molecule has 2 aromatic rings. The monoisotopic (exact) mass is 259 g/mol. The van der Waals surface area contributed by atoms with Gasteiger partial charge >= 0.3 is 0 Å². The van der Waals surface area contributed by atoms with E-state index in [4.69, 9.17) is 10.5 Å². The van der Waals surface area contributed by atoms with Crippen LogP contribution in [0.1, 0.15) is 28.8 Å². The second kappa shape index (κ2) is 4.75. The fourth-order valence-electron chi connectivity index (χ4n) is 2.61. The van der Waals surface area contributed by atoms with Gasteiger partial charge in [0.2, 0.25) is 0 Å². The van der Waals surface area contributed by atoms with Gasteiger partial charge in [-0.05, 0) is 35.3 Å². The van der Waals surface area contributed by atoms with Crippen molar-refractivity contribution in [3.8, 4) is 5.75 Å². The van der Waals surface area contributed by atoms with E-state index in [9.17, 15) is 0 Å². The summed E-state index contributed by atoms with van der Waals surface area (Å²) in [5.74, 6) is 2.11. The van der Waals surface area contributed by atoms with Gasteiger partial charge in [-0.2, -0.15) is 0 Å². The lowest BCUT2D eigenvalue weighted by Crippen LogP contribution is -2.12. The van der Waals surface area contributed by atoms with Crippen LogP contribution in [0.5, 0.6) is 5.75 Å². The molecule has 2 nitrogen and oxygen atoms in total. The van der Waals surface area contributed by atoms with Crippen molar-refractivity contribution in [1.82, 2.24) is 0 Å². The molecule has 3 heteroatoms. The van der Waals surface area contributed by atoms with Crippen LogP contribution in [0.2, 0.25) is 0 Å². The summed E-state index contributed by atoms with van der Waals surface area (Å²) < 4.78 is 5.36. The second-order valence-corrected chi connectivity index (χ2v) is 5.74. The zero-order valence-corrected chi connectivity index (χ0v) is 11.2. The van der Waals surface area contributed by atoms with Crippen molar-refractivity contribution in [3.05, 3.63) is 52.2 Å². The van der Waals surface area contributed by atoms with E-state index in [1.54, 1.807) is 18.4 Å². The average Bonchev–Trinajstić information content (AvgIpc) is 3.08. The molecule has 1 fully saturated rings. The molecule has 3 atom stereocenters. The number of hydrogen-bond acceptors (Lipinski definition) is 3. The maximum atomic E-state index is 6.38. The summed E-state index contributed by atoms with van der Waals surface area (Å²) in [5, 5.41) is 2.05. The Morgan fingerprint density at radius 2 is 2.06 bits per heavy atom. The summed E-state index contributed by atoms with van der Waals surface area (Å²) >= 11 is 1.70. The molecule has 1 aromatic heterocycles. The first-order chi connectivity index (χ1) is 8.81. The number of ether oxygens (including phenoxy) is 1. The molecule has 3 rings (SSSR count). The van der Waals surface area contributed by atoms with Crippen molar-refractivity contribution in [2.24, 2.45) is 11.7 Å². The van der Waals surface area contributed by atoms with E-state index >= 15 is 0 Å². The van der Waals surface area contributed by atoms with Crippen LogP contribution in [-0.4, -0.2) is 7.11 Å². The van der Waals surface area contributed by atoms with E-state index in [1.807, 2.05) is 11.4 Å².